The lowest BCUT2D eigenvalue weighted by atomic mass is 9.83. The van der Waals surface area contributed by atoms with Gasteiger partial charge in [-0.05, 0) is 44.1 Å². The number of nitrogens with one attached hydrogen (secondary N) is 1. The van der Waals surface area contributed by atoms with Crippen LogP contribution in [0.15, 0.2) is 18.2 Å². The van der Waals surface area contributed by atoms with Crippen LogP contribution in [0, 0.1) is 4.77 Å². The predicted molar refractivity (Wildman–Crippen MR) is 80.4 cm³/mol. The van der Waals surface area contributed by atoms with Gasteiger partial charge in [0.15, 0.2) is 4.77 Å². The van der Waals surface area contributed by atoms with Crippen molar-refractivity contribution in [2.45, 2.75) is 44.6 Å². The molecule has 1 aliphatic rings. The van der Waals surface area contributed by atoms with Crippen LogP contribution in [-0.2, 0) is 5.54 Å². The largest absolute Gasteiger partial charge is 0.494 e. The third kappa shape index (κ3) is 1.98. The van der Waals surface area contributed by atoms with Gasteiger partial charge in [-0.2, -0.15) is 0 Å². The number of hydrogen-bond donors (Lipinski definition) is 1. The zero-order valence-corrected chi connectivity index (χ0v) is 12.3. The Balaban J connectivity index is 2.23. The highest BCUT2D eigenvalue weighted by molar-refractivity contribution is 7.71. The highest BCUT2D eigenvalue weighted by atomic mass is 32.1. The summed E-state index contributed by atoms with van der Waals surface area (Å²) in [7, 11) is 1.70. The molecule has 19 heavy (non-hydrogen) atoms. The highest BCUT2D eigenvalue weighted by Gasteiger charge is 2.31. The van der Waals surface area contributed by atoms with E-state index in [0.29, 0.717) is 0 Å². The van der Waals surface area contributed by atoms with E-state index in [4.69, 9.17) is 17.0 Å². The number of methoxy groups -OCH3 is 1. The minimum atomic E-state index is 0.139. The van der Waals surface area contributed by atoms with Gasteiger partial charge < -0.3 is 14.3 Å². The van der Waals surface area contributed by atoms with Gasteiger partial charge in [0.25, 0.3) is 0 Å². The molecule has 0 aliphatic heterocycles. The molecule has 102 valence electrons. The van der Waals surface area contributed by atoms with E-state index < -0.39 is 0 Å². The molecule has 2 aromatic rings. The highest BCUT2D eigenvalue weighted by Crippen LogP contribution is 2.38. The molecule has 1 aromatic carbocycles. The summed E-state index contributed by atoms with van der Waals surface area (Å²) >= 11 is 5.57. The summed E-state index contributed by atoms with van der Waals surface area (Å²) in [5.74, 6) is 0.863. The van der Waals surface area contributed by atoms with Crippen molar-refractivity contribution in [3.63, 3.8) is 0 Å². The Morgan fingerprint density at radius 2 is 2.00 bits per heavy atom. The molecule has 0 spiro atoms. The Labute approximate surface area is 118 Å². The summed E-state index contributed by atoms with van der Waals surface area (Å²) in [5.41, 5.74) is 2.32. The van der Waals surface area contributed by atoms with E-state index in [1.54, 1.807) is 7.11 Å². The third-order valence-electron chi connectivity index (χ3n) is 4.37. The van der Waals surface area contributed by atoms with Crippen LogP contribution in [0.3, 0.4) is 0 Å². The fourth-order valence-corrected chi connectivity index (χ4v) is 3.77. The van der Waals surface area contributed by atoms with Crippen LogP contribution in [0.1, 0.15) is 39.0 Å². The number of nitrogens with zero attached hydrogens (tertiary/aromatic N) is 1. The van der Waals surface area contributed by atoms with Gasteiger partial charge in [0.1, 0.15) is 11.3 Å². The lowest BCUT2D eigenvalue weighted by Gasteiger charge is -2.35. The maximum atomic E-state index is 5.57. The lowest BCUT2D eigenvalue weighted by molar-refractivity contribution is 0.222. The van der Waals surface area contributed by atoms with Crippen molar-refractivity contribution in [1.29, 1.82) is 0 Å². The summed E-state index contributed by atoms with van der Waals surface area (Å²) in [5, 5.41) is 0. The summed E-state index contributed by atoms with van der Waals surface area (Å²) < 4.78 is 8.54. The van der Waals surface area contributed by atoms with Crippen molar-refractivity contribution in [3.8, 4) is 5.75 Å². The molecule has 1 heterocycles. The third-order valence-corrected chi connectivity index (χ3v) is 4.66. The molecular formula is C15H20N2OS. The van der Waals surface area contributed by atoms with E-state index in [0.717, 1.165) is 21.6 Å². The number of hydrogen-bond acceptors (Lipinski definition) is 2. The van der Waals surface area contributed by atoms with Gasteiger partial charge in [0.05, 0.1) is 12.6 Å². The van der Waals surface area contributed by atoms with E-state index in [2.05, 4.69) is 22.5 Å². The topological polar surface area (TPSA) is 29.9 Å². The minimum Gasteiger partial charge on any atom is -0.494 e. The Hall–Kier alpha value is -1.29. The van der Waals surface area contributed by atoms with Crippen molar-refractivity contribution in [1.82, 2.24) is 9.55 Å². The molecule has 1 aliphatic carbocycles. The first kappa shape index (κ1) is 12.7. The second-order valence-corrected chi connectivity index (χ2v) is 6.06. The van der Waals surface area contributed by atoms with Crippen molar-refractivity contribution in [3.05, 3.63) is 23.0 Å². The van der Waals surface area contributed by atoms with Gasteiger partial charge in [-0.3, -0.25) is 0 Å². The van der Waals surface area contributed by atoms with E-state index >= 15 is 0 Å². The molecule has 0 atom stereocenters. The zero-order valence-electron chi connectivity index (χ0n) is 11.5. The fourth-order valence-electron chi connectivity index (χ4n) is 3.35. The molecule has 0 amide bonds. The van der Waals surface area contributed by atoms with Gasteiger partial charge in [0.2, 0.25) is 0 Å². The Bertz CT molecular complexity index is 650. The van der Waals surface area contributed by atoms with E-state index in [1.165, 1.54) is 32.1 Å². The summed E-state index contributed by atoms with van der Waals surface area (Å²) in [6, 6.07) is 6.14. The number of aromatic amines is 1. The van der Waals surface area contributed by atoms with Crippen molar-refractivity contribution < 1.29 is 4.74 Å². The number of para-hydroxylation sites is 1. The molecule has 1 aromatic heterocycles. The molecule has 0 radical (unpaired) electrons. The average Bonchev–Trinajstić information content (AvgIpc) is 2.76. The number of imidazole rings is 1. The second kappa shape index (κ2) is 4.67. The van der Waals surface area contributed by atoms with Crippen LogP contribution in [0.4, 0.5) is 0 Å². The van der Waals surface area contributed by atoms with Crippen LogP contribution in [0.5, 0.6) is 5.75 Å². The maximum absolute atomic E-state index is 5.57. The first-order valence-corrected chi connectivity index (χ1v) is 7.35. The summed E-state index contributed by atoms with van der Waals surface area (Å²) in [6.07, 6.45) is 6.31. The molecule has 0 saturated heterocycles. The SMILES string of the molecule is COc1cccc2c1[nH]c(=S)n2C1(C)CCCCC1. The molecule has 0 bridgehead atoms. The predicted octanol–water partition coefficient (Wildman–Crippen LogP) is 4.39. The monoisotopic (exact) mass is 276 g/mol. The van der Waals surface area contributed by atoms with Crippen LogP contribution in [0.2, 0.25) is 0 Å². The number of ether oxygens (including phenoxy) is 1. The Morgan fingerprint density at radius 3 is 2.68 bits per heavy atom. The summed E-state index contributed by atoms with van der Waals surface area (Å²) in [4.78, 5) is 3.32. The van der Waals surface area contributed by atoms with E-state index in [-0.39, 0.29) is 5.54 Å². The first-order valence-electron chi connectivity index (χ1n) is 6.94. The van der Waals surface area contributed by atoms with Crippen LogP contribution >= 0.6 is 12.2 Å². The van der Waals surface area contributed by atoms with Gasteiger partial charge >= 0.3 is 0 Å². The first-order chi connectivity index (χ1) is 9.15. The quantitative estimate of drug-likeness (QED) is 0.825. The van der Waals surface area contributed by atoms with Crippen LogP contribution in [0.25, 0.3) is 11.0 Å². The normalized spacial score (nSPS) is 18.6. The molecule has 3 nitrogen and oxygen atoms in total. The summed E-state index contributed by atoms with van der Waals surface area (Å²) in [6.45, 7) is 2.33. The minimum absolute atomic E-state index is 0.139. The molecular weight excluding hydrogens is 256 g/mol. The maximum Gasteiger partial charge on any atom is 0.178 e. The molecule has 1 N–H and O–H groups in total. The zero-order chi connectivity index (χ0) is 13.5. The number of fused-ring (bicyclic) bond motifs is 1. The second-order valence-electron chi connectivity index (χ2n) is 5.68. The van der Waals surface area contributed by atoms with Gasteiger partial charge in [-0.25, -0.2) is 0 Å². The molecule has 4 heteroatoms. The molecule has 3 rings (SSSR count). The Kier molecular flexibility index (Phi) is 3.13. The number of benzene rings is 1. The number of aromatic nitrogens is 2. The van der Waals surface area contributed by atoms with Crippen LogP contribution in [-0.4, -0.2) is 16.7 Å². The molecule has 0 unspecified atom stereocenters. The molecule has 1 saturated carbocycles. The Morgan fingerprint density at radius 1 is 1.26 bits per heavy atom. The van der Waals surface area contributed by atoms with Crippen molar-refractivity contribution >= 4 is 23.3 Å². The smallest absolute Gasteiger partial charge is 0.178 e. The standard InChI is InChI=1S/C15H20N2OS/c1-15(9-4-3-5-10-15)17-11-7-6-8-12(18-2)13(11)16-14(17)19/h6-8H,3-5,9-10H2,1-2H3,(H,16,19). The van der Waals surface area contributed by atoms with Gasteiger partial charge in [-0.1, -0.05) is 25.3 Å². The van der Waals surface area contributed by atoms with Crippen molar-refractivity contribution in [2.24, 2.45) is 0 Å². The number of H-pyrrole nitrogens is 1. The van der Waals surface area contributed by atoms with Gasteiger partial charge in [0, 0.05) is 5.54 Å². The fraction of sp³-hybridized carbons (Fsp3) is 0.533. The van der Waals surface area contributed by atoms with E-state index in [9.17, 15) is 0 Å². The lowest BCUT2D eigenvalue weighted by Crippen LogP contribution is -2.32. The average molecular weight is 276 g/mol. The van der Waals surface area contributed by atoms with Gasteiger partial charge in [-0.15, -0.1) is 0 Å². The molecule has 1 fully saturated rings. The number of rotatable bonds is 2. The van der Waals surface area contributed by atoms with Crippen molar-refractivity contribution in [2.75, 3.05) is 7.11 Å². The van der Waals surface area contributed by atoms with E-state index in [1.807, 2.05) is 12.1 Å². The van der Waals surface area contributed by atoms with Crippen LogP contribution < -0.4 is 4.74 Å².